The molecule has 753 valence electrons. The zero-order chi connectivity index (χ0) is 101. The molecule has 150 heavy (non-hydrogen) atoms. The summed E-state index contributed by atoms with van der Waals surface area (Å²) in [6.45, 7) is 27.4. The molecule has 9 heteroatoms. The fourth-order valence-corrected chi connectivity index (χ4v) is 20.9. The van der Waals surface area contributed by atoms with Crippen molar-refractivity contribution < 1.29 is 60.3 Å². The van der Waals surface area contributed by atoms with E-state index in [0.29, 0.717) is 0 Å². The zero-order valence-corrected chi connectivity index (χ0v) is 95.0. The Labute approximate surface area is 930 Å². The molecule has 0 bridgehead atoms. The van der Waals surface area contributed by atoms with Crippen LogP contribution < -0.4 is 0 Å². The van der Waals surface area contributed by atoms with Gasteiger partial charge in [0.25, 0.3) is 0 Å². The second kappa shape index (κ2) is 49.8. The number of benzene rings is 18. The van der Waals surface area contributed by atoms with Crippen LogP contribution >= 0.6 is 0 Å². The molecular formula is C141H129Ir3N6-3. The van der Waals surface area contributed by atoms with Crippen molar-refractivity contribution in [1.29, 1.82) is 0 Å². The van der Waals surface area contributed by atoms with E-state index in [0.717, 1.165) is 113 Å². The van der Waals surface area contributed by atoms with Gasteiger partial charge in [-0.15, -0.1) is 106 Å². The number of imidazole rings is 3. The number of para-hydroxylation sites is 1. The summed E-state index contributed by atoms with van der Waals surface area (Å²) in [5.74, 6) is 2.77. The smallest absolute Gasteiger partial charge is 0.0606 e. The van der Waals surface area contributed by atoms with E-state index in [2.05, 4.69) is 558 Å². The third kappa shape index (κ3) is 24.5. The topological polar surface area (TPSA) is 53.5 Å². The van der Waals surface area contributed by atoms with E-state index in [1.807, 2.05) is 12.1 Å². The van der Waals surface area contributed by atoms with Crippen molar-refractivity contribution in [2.75, 3.05) is 0 Å². The largest absolute Gasteiger partial charge is 0.339 e. The van der Waals surface area contributed by atoms with Gasteiger partial charge in [-0.25, -0.2) is 0 Å². The summed E-state index contributed by atoms with van der Waals surface area (Å²) in [6, 6.07) is 167. The zero-order valence-electron chi connectivity index (χ0n) is 87.8. The number of rotatable bonds is 30. The van der Waals surface area contributed by atoms with Crippen LogP contribution in [0, 0.1) is 39.0 Å². The van der Waals surface area contributed by atoms with Gasteiger partial charge in [-0.05, 0) is 271 Å². The summed E-state index contributed by atoms with van der Waals surface area (Å²) in [4.78, 5) is 15.7. The fourth-order valence-electron chi connectivity index (χ4n) is 20.9. The van der Waals surface area contributed by atoms with Crippen molar-refractivity contribution in [3.8, 4) is 185 Å². The van der Waals surface area contributed by atoms with Crippen LogP contribution in [0.2, 0.25) is 0 Å². The Morgan fingerprint density at radius 2 is 0.520 bits per heavy atom. The van der Waals surface area contributed by atoms with Gasteiger partial charge in [-0.1, -0.05) is 385 Å². The molecule has 6 nitrogen and oxygen atoms in total. The summed E-state index contributed by atoms with van der Waals surface area (Å²) in [5, 5.41) is 0. The van der Waals surface area contributed by atoms with E-state index < -0.39 is 0 Å². The third-order valence-electron chi connectivity index (χ3n) is 29.7. The van der Waals surface area contributed by atoms with Gasteiger partial charge >= 0.3 is 0 Å². The Morgan fingerprint density at radius 1 is 0.240 bits per heavy atom. The Kier molecular flexibility index (Phi) is 35.9. The average molecular weight is 2480 g/mol. The molecule has 3 radical (unpaired) electrons. The fraction of sp³-hybridized carbons (Fsp3) is 0.170. The van der Waals surface area contributed by atoms with Crippen molar-refractivity contribution in [2.45, 2.75) is 157 Å². The van der Waals surface area contributed by atoms with Crippen LogP contribution in [-0.4, -0.2) is 28.7 Å². The summed E-state index contributed by atoms with van der Waals surface area (Å²) in [6.07, 6.45) is 16.5. The van der Waals surface area contributed by atoms with E-state index in [1.165, 1.54) is 163 Å². The molecule has 21 rings (SSSR count). The van der Waals surface area contributed by atoms with Crippen LogP contribution in [-0.2, 0) is 76.6 Å². The summed E-state index contributed by atoms with van der Waals surface area (Å²) in [5.41, 5.74) is 42.2. The maximum atomic E-state index is 5.42. The molecule has 0 atom stereocenters. The molecular weight excluding hydrogens is 2350 g/mol. The first kappa shape index (κ1) is 108. The molecule has 0 saturated heterocycles. The molecule has 0 unspecified atom stereocenters. The molecule has 0 fully saturated rings. The van der Waals surface area contributed by atoms with Crippen LogP contribution in [0.3, 0.4) is 0 Å². The van der Waals surface area contributed by atoms with Crippen LogP contribution in [0.15, 0.2) is 455 Å². The van der Waals surface area contributed by atoms with Gasteiger partial charge in [0, 0.05) is 124 Å². The van der Waals surface area contributed by atoms with Gasteiger partial charge in [0.15, 0.2) is 0 Å². The first-order chi connectivity index (χ1) is 71.8. The summed E-state index contributed by atoms with van der Waals surface area (Å²) >= 11 is 0. The minimum Gasteiger partial charge on any atom is -0.339 e. The number of hydrogen-bond acceptors (Lipinski definition) is 3. The summed E-state index contributed by atoms with van der Waals surface area (Å²) in [7, 11) is 0. The van der Waals surface area contributed by atoms with Crippen molar-refractivity contribution in [3.05, 3.63) is 507 Å². The molecule has 0 amide bonds. The predicted molar refractivity (Wildman–Crippen MR) is 621 cm³/mol. The van der Waals surface area contributed by atoms with E-state index >= 15 is 0 Å². The Bertz CT molecular complexity index is 7880. The number of aryl methyl sites for hydroxylation is 3. The van der Waals surface area contributed by atoms with Gasteiger partial charge < -0.3 is 13.7 Å². The van der Waals surface area contributed by atoms with Crippen molar-refractivity contribution in [2.24, 2.45) is 0 Å². The second-order valence-corrected chi connectivity index (χ2v) is 40.4. The Morgan fingerprint density at radius 3 is 0.893 bits per heavy atom. The van der Waals surface area contributed by atoms with Crippen LogP contribution in [0.4, 0.5) is 0 Å². The molecule has 0 spiro atoms. The van der Waals surface area contributed by atoms with E-state index in [4.69, 9.17) is 15.0 Å². The Balaban J connectivity index is 0.000000159. The molecule has 18 aromatic carbocycles. The maximum absolute atomic E-state index is 5.42. The molecule has 3 aromatic heterocycles. The molecule has 0 aliphatic carbocycles. The minimum atomic E-state index is -0.0623. The third-order valence-corrected chi connectivity index (χ3v) is 29.7. The van der Waals surface area contributed by atoms with Crippen LogP contribution in [0.25, 0.3) is 185 Å². The van der Waals surface area contributed by atoms with Crippen LogP contribution in [0.5, 0.6) is 0 Å². The number of nitrogens with zero attached hydrogens (tertiary/aromatic N) is 6. The van der Waals surface area contributed by atoms with Gasteiger partial charge in [0.2, 0.25) is 0 Å². The standard InChI is InChI=1S/3C47H43N2.3Ir/c1-5-6-27-47(3,4)45-33-48-46(49(45)44-26-25-39(28-34(44)2)35-17-10-7-11-18-35)40-24-16-23-38(29-40)43-31-41(36-19-12-8-13-20-36)30-42(32-43)37-21-14-9-15-22-37;1-5-6-27-47(3,4)45-33-49(44-32-39(26-25-34(44)2)35-17-10-7-11-18-35)46(48-45)40-24-16-23-38(28-40)43-30-41(36-19-12-8-13-20-36)29-42(31-43)37-21-14-9-15-22-37;1-5-47(6-2,7-3)45-33-48-46(49(45)44-27-15-14-18-34(44)4)40-26-17-24-38(29-40)37-23-16-25-39(28-37)43-31-41(35-19-10-8-11-20-35)30-42(32-43)36-21-12-9-13-22-36;;;/h2*7-23,25-26,28-33H,5-6,27H2,1-4H3;8-25,27-33H,5-7H2,1-4H3;;;/q3*-1;;;. The summed E-state index contributed by atoms with van der Waals surface area (Å²) < 4.78 is 7.10. The van der Waals surface area contributed by atoms with Crippen molar-refractivity contribution in [1.82, 2.24) is 28.7 Å². The minimum absolute atomic E-state index is 0. The quantitative estimate of drug-likeness (QED) is 0.0422. The monoisotopic (exact) mass is 2480 g/mol. The van der Waals surface area contributed by atoms with E-state index in [9.17, 15) is 0 Å². The molecule has 0 aliphatic heterocycles. The number of unbranched alkanes of at least 4 members (excludes halogenated alkanes) is 2. The average Bonchev–Trinajstić information content (AvgIpc) is 1.60. The maximum Gasteiger partial charge on any atom is 0.0606 e. The molecule has 21 aromatic rings. The van der Waals surface area contributed by atoms with Gasteiger partial charge in [-0.3, -0.25) is 15.0 Å². The van der Waals surface area contributed by atoms with Crippen molar-refractivity contribution in [3.63, 3.8) is 0 Å². The van der Waals surface area contributed by atoms with Gasteiger partial charge in [0.1, 0.15) is 0 Å². The van der Waals surface area contributed by atoms with E-state index in [1.54, 1.807) is 0 Å². The Hall–Kier alpha value is -14.5. The van der Waals surface area contributed by atoms with Gasteiger partial charge in [0.05, 0.1) is 23.2 Å². The SMILES string of the molecule is CCC(CC)(CC)c1cnc(-c2[c-]ccc(-c3cccc(-c4cc(-c5ccccc5)cc(-c5ccccc5)c4)c3)c2)n1-c1ccccc1C.CCCCC(C)(C)c1cn(-c2cc(-c3ccccc3)ccc2C)c(-c2[c-]ccc(-c3cc(-c4ccccc4)cc(-c4ccccc4)c3)c2)n1.CCCCC(C)(C)c1cnc(-c2[c-]ccc(-c3cc(-c4ccccc4)cc(-c4ccccc4)c3)c2)n1-c1ccc(-c2ccccc2)cc1C.[Ir].[Ir].[Ir]. The van der Waals surface area contributed by atoms with Crippen LogP contribution in [0.1, 0.15) is 154 Å². The first-order valence-corrected chi connectivity index (χ1v) is 52.4. The number of aromatic nitrogens is 6. The van der Waals surface area contributed by atoms with E-state index in [-0.39, 0.29) is 76.6 Å². The second-order valence-electron chi connectivity index (χ2n) is 40.4. The molecule has 0 N–H and O–H groups in total. The molecule has 3 heterocycles. The normalized spacial score (nSPS) is 11.3. The van der Waals surface area contributed by atoms with Gasteiger partial charge in [-0.2, -0.15) is 0 Å². The predicted octanol–water partition coefficient (Wildman–Crippen LogP) is 38.3. The molecule has 0 aliphatic rings. The molecule has 0 saturated carbocycles. The number of hydrogen-bond donors (Lipinski definition) is 0. The van der Waals surface area contributed by atoms with Crippen molar-refractivity contribution >= 4 is 0 Å². The first-order valence-electron chi connectivity index (χ1n) is 52.4.